The highest BCUT2D eigenvalue weighted by Gasteiger charge is 2.28. The molecule has 0 aliphatic heterocycles. The van der Waals surface area contributed by atoms with E-state index in [1.165, 1.54) is 32.1 Å². The first-order valence-electron chi connectivity index (χ1n) is 19.9. The van der Waals surface area contributed by atoms with Crippen molar-refractivity contribution >= 4 is 25.5 Å². The summed E-state index contributed by atoms with van der Waals surface area (Å²) in [6.45, 7) is 4.29. The molecule has 0 heterocycles. The van der Waals surface area contributed by atoms with E-state index in [9.17, 15) is 34.1 Å². The van der Waals surface area contributed by atoms with E-state index in [0.29, 0.717) is 32.1 Å². The van der Waals surface area contributed by atoms with Gasteiger partial charge in [0.1, 0.15) is 12.7 Å². The van der Waals surface area contributed by atoms with Gasteiger partial charge < -0.3 is 29.7 Å². The quantitative estimate of drug-likeness (QED) is 0.0224. The van der Waals surface area contributed by atoms with Crippen LogP contribution in [0.5, 0.6) is 0 Å². The normalized spacial score (nSPS) is 18.9. The lowest BCUT2D eigenvalue weighted by atomic mass is 9.90. The average molecular weight is 773 g/mol. The van der Waals surface area contributed by atoms with Gasteiger partial charge in [-0.3, -0.25) is 23.4 Å². The number of aliphatic hydroxyl groups excluding tert-OH is 3. The zero-order valence-corrected chi connectivity index (χ0v) is 33.4. The van der Waals surface area contributed by atoms with Crippen LogP contribution in [0.15, 0.2) is 36.5 Å². The van der Waals surface area contributed by atoms with Gasteiger partial charge in [0.2, 0.25) is 0 Å². The fourth-order valence-corrected chi connectivity index (χ4v) is 6.54. The summed E-state index contributed by atoms with van der Waals surface area (Å²) in [5.41, 5.74) is 0. The van der Waals surface area contributed by atoms with Crippen LogP contribution >= 0.6 is 7.82 Å². The lowest BCUT2D eigenvalue weighted by Crippen LogP contribution is -2.29. The molecule has 0 bridgehead atoms. The highest BCUT2D eigenvalue weighted by atomic mass is 31.2. The van der Waals surface area contributed by atoms with Crippen LogP contribution in [-0.2, 0) is 37.5 Å². The van der Waals surface area contributed by atoms with Crippen molar-refractivity contribution in [1.29, 1.82) is 0 Å². The van der Waals surface area contributed by atoms with Gasteiger partial charge in [0.25, 0.3) is 0 Å². The fourth-order valence-electron chi connectivity index (χ4n) is 5.76. The Labute approximate surface area is 318 Å². The summed E-state index contributed by atoms with van der Waals surface area (Å²) in [6.07, 6.45) is 23.4. The van der Waals surface area contributed by atoms with Crippen molar-refractivity contribution < 1.29 is 57.7 Å². The number of aliphatic hydroxyl groups is 3. The van der Waals surface area contributed by atoms with E-state index in [1.807, 2.05) is 24.3 Å². The maximum Gasteiger partial charge on any atom is 0.472 e. The first-order valence-corrected chi connectivity index (χ1v) is 21.4. The zero-order chi connectivity index (χ0) is 39.3. The average Bonchev–Trinajstić information content (AvgIpc) is 3.47. The van der Waals surface area contributed by atoms with Gasteiger partial charge in [-0.1, -0.05) is 122 Å². The number of ether oxygens (including phenoxy) is 2. The first-order chi connectivity index (χ1) is 25.4. The monoisotopic (exact) mass is 772 g/mol. The number of phosphoric acid groups is 1. The molecule has 1 aliphatic carbocycles. The Kier molecular flexibility index (Phi) is 27.7. The van der Waals surface area contributed by atoms with Crippen molar-refractivity contribution in [2.75, 3.05) is 26.4 Å². The molecule has 0 fully saturated rings. The second-order valence-corrected chi connectivity index (χ2v) is 15.9. The van der Waals surface area contributed by atoms with Gasteiger partial charge in [-0.2, -0.15) is 0 Å². The number of carbonyl (C=O) groups is 3. The minimum atomic E-state index is -4.67. The molecule has 13 heteroatoms. The van der Waals surface area contributed by atoms with Gasteiger partial charge in [-0.05, 0) is 50.0 Å². The number of unbranched alkanes of at least 4 members (excludes halogenated alkanes) is 10. The minimum Gasteiger partial charge on any atom is -0.462 e. The van der Waals surface area contributed by atoms with Gasteiger partial charge in [0.05, 0.1) is 25.9 Å². The van der Waals surface area contributed by atoms with Crippen LogP contribution in [0.1, 0.15) is 136 Å². The third-order valence-corrected chi connectivity index (χ3v) is 9.92. The summed E-state index contributed by atoms with van der Waals surface area (Å²) in [4.78, 5) is 47.3. The Hall–Kier alpha value is -2.18. The Balaban J connectivity index is 2.50. The summed E-state index contributed by atoms with van der Waals surface area (Å²) >= 11 is 0. The van der Waals surface area contributed by atoms with Crippen molar-refractivity contribution in [2.45, 2.75) is 155 Å². The third kappa shape index (κ3) is 26.3. The number of esters is 2. The topological polar surface area (TPSA) is 186 Å². The lowest BCUT2D eigenvalue weighted by molar-refractivity contribution is -0.161. The van der Waals surface area contributed by atoms with Gasteiger partial charge in [-0.15, -0.1) is 0 Å². The van der Waals surface area contributed by atoms with E-state index in [1.54, 1.807) is 12.2 Å². The van der Waals surface area contributed by atoms with Gasteiger partial charge in [0, 0.05) is 18.8 Å². The van der Waals surface area contributed by atoms with Crippen LogP contribution in [0.2, 0.25) is 0 Å². The molecule has 0 aromatic heterocycles. The maximum atomic E-state index is 12.7. The Morgan fingerprint density at radius 1 is 0.849 bits per heavy atom. The van der Waals surface area contributed by atoms with Crippen LogP contribution in [0.4, 0.5) is 0 Å². The van der Waals surface area contributed by atoms with Crippen molar-refractivity contribution in [1.82, 2.24) is 0 Å². The summed E-state index contributed by atoms with van der Waals surface area (Å²) in [7, 11) is -4.67. The van der Waals surface area contributed by atoms with Crippen LogP contribution in [0.25, 0.3) is 0 Å². The molecule has 0 saturated carbocycles. The molecular formula is C40H69O12P. The van der Waals surface area contributed by atoms with E-state index in [0.717, 1.165) is 44.4 Å². The predicted molar refractivity (Wildman–Crippen MR) is 205 cm³/mol. The number of rotatable bonds is 33. The van der Waals surface area contributed by atoms with E-state index in [2.05, 4.69) is 25.3 Å². The number of hydrogen-bond acceptors (Lipinski definition) is 11. The molecule has 4 N–H and O–H groups in total. The summed E-state index contributed by atoms with van der Waals surface area (Å²) < 4.78 is 32.6. The zero-order valence-electron chi connectivity index (χ0n) is 32.5. The van der Waals surface area contributed by atoms with Gasteiger partial charge in [-0.25, -0.2) is 4.57 Å². The molecule has 1 unspecified atom stereocenters. The molecule has 53 heavy (non-hydrogen) atoms. The molecule has 1 aliphatic rings. The molecule has 1 rings (SSSR count). The lowest BCUT2D eigenvalue weighted by Gasteiger charge is -2.20. The Morgan fingerprint density at radius 2 is 1.49 bits per heavy atom. The van der Waals surface area contributed by atoms with Gasteiger partial charge in [0.15, 0.2) is 11.9 Å². The standard InChI is InChI=1S/C40H69O12P/c1-4-5-14-21-34(42)25-26-37-33(24-27-38(37)44)20-16-12-13-18-23-40(46)52-36(31-51-53(47,48)50-29-35(43)28-41)30-49-39(45)22-17-11-9-7-6-8-10-15-19-32(2)3/h12,16,24-27,32-37,41-43H,4-11,13-15,17-23,28-31H2,1-3H3,(H,47,48)/b16-12-,26-25+/t33-,34-,35-,36+,37+/m0/s1. The maximum absolute atomic E-state index is 12.7. The SMILES string of the molecule is CCCCC[C@H](O)/C=C/[C@H]1C(=O)C=C[C@@H]1C/C=C\CCCC(=O)O[C@H](COC(=O)CCCCCCCCCCC(C)C)COP(=O)(O)OC[C@@H](O)CO. The van der Waals surface area contributed by atoms with E-state index < -0.39 is 57.9 Å². The largest absolute Gasteiger partial charge is 0.472 e. The fraction of sp³-hybridized carbons (Fsp3) is 0.775. The van der Waals surface area contributed by atoms with Crippen LogP contribution in [0, 0.1) is 17.8 Å². The summed E-state index contributed by atoms with van der Waals surface area (Å²) in [6, 6.07) is 0. The number of carbonyl (C=O) groups excluding carboxylic acids is 3. The van der Waals surface area contributed by atoms with Crippen LogP contribution < -0.4 is 0 Å². The van der Waals surface area contributed by atoms with Gasteiger partial charge >= 0.3 is 19.8 Å². The third-order valence-electron chi connectivity index (χ3n) is 8.97. The summed E-state index contributed by atoms with van der Waals surface area (Å²) in [5, 5.41) is 28.5. The molecule has 0 spiro atoms. The molecule has 12 nitrogen and oxygen atoms in total. The molecule has 0 saturated heterocycles. The molecule has 0 aromatic rings. The Bertz CT molecular complexity index is 1140. The number of hydrogen-bond donors (Lipinski definition) is 4. The summed E-state index contributed by atoms with van der Waals surface area (Å²) in [5.74, 6) is -0.618. The minimum absolute atomic E-state index is 0.000997. The molecular weight excluding hydrogens is 703 g/mol. The van der Waals surface area contributed by atoms with Crippen molar-refractivity contribution in [3.05, 3.63) is 36.5 Å². The van der Waals surface area contributed by atoms with E-state index in [4.69, 9.17) is 19.1 Å². The van der Waals surface area contributed by atoms with Crippen LogP contribution in [-0.4, -0.2) is 82.7 Å². The van der Waals surface area contributed by atoms with Crippen molar-refractivity contribution in [3.8, 4) is 0 Å². The molecule has 0 amide bonds. The van der Waals surface area contributed by atoms with E-state index in [-0.39, 0.29) is 37.1 Å². The second kappa shape index (κ2) is 30.1. The molecule has 0 aromatic carbocycles. The number of phosphoric ester groups is 1. The Morgan fingerprint density at radius 3 is 2.17 bits per heavy atom. The van der Waals surface area contributed by atoms with E-state index >= 15 is 0 Å². The first kappa shape index (κ1) is 48.8. The van der Waals surface area contributed by atoms with Crippen LogP contribution in [0.3, 0.4) is 0 Å². The predicted octanol–water partition coefficient (Wildman–Crippen LogP) is 7.47. The highest BCUT2D eigenvalue weighted by molar-refractivity contribution is 7.47. The molecule has 6 atom stereocenters. The number of allylic oxidation sites excluding steroid dienone is 5. The highest BCUT2D eigenvalue weighted by Crippen LogP contribution is 2.43. The number of ketones is 1. The second-order valence-electron chi connectivity index (χ2n) is 14.5. The molecule has 306 valence electrons. The molecule has 0 radical (unpaired) electrons. The smallest absolute Gasteiger partial charge is 0.462 e. The van der Waals surface area contributed by atoms with Crippen molar-refractivity contribution in [3.63, 3.8) is 0 Å². The van der Waals surface area contributed by atoms with Crippen molar-refractivity contribution in [2.24, 2.45) is 17.8 Å².